The summed E-state index contributed by atoms with van der Waals surface area (Å²) in [6, 6.07) is 16.3. The highest BCUT2D eigenvalue weighted by atomic mass is 19.4. The van der Waals surface area contributed by atoms with Gasteiger partial charge in [-0.2, -0.15) is 13.2 Å². The number of aromatic carboxylic acids is 1. The second-order valence-electron chi connectivity index (χ2n) is 6.83. The third-order valence-electron chi connectivity index (χ3n) is 4.44. The molecule has 0 aliphatic heterocycles. The van der Waals surface area contributed by atoms with E-state index in [2.05, 4.69) is 10.6 Å². The van der Waals surface area contributed by atoms with Crippen LogP contribution in [0.1, 0.15) is 31.8 Å². The molecule has 33 heavy (non-hydrogen) atoms. The van der Waals surface area contributed by atoms with Crippen molar-refractivity contribution in [2.75, 3.05) is 10.6 Å². The lowest BCUT2D eigenvalue weighted by Gasteiger charge is -2.10. The van der Waals surface area contributed by atoms with E-state index < -0.39 is 29.5 Å². The maximum Gasteiger partial charge on any atom is 0.416 e. The van der Waals surface area contributed by atoms with Gasteiger partial charge in [0.15, 0.2) is 0 Å². The van der Waals surface area contributed by atoms with Crippen LogP contribution in [0.15, 0.2) is 78.9 Å². The van der Waals surface area contributed by atoms with E-state index in [0.717, 1.165) is 12.1 Å². The molecule has 0 saturated heterocycles. The molecule has 0 aliphatic carbocycles. The normalized spacial score (nSPS) is 11.2. The number of benzene rings is 3. The maximum atomic E-state index is 12.8. The summed E-state index contributed by atoms with van der Waals surface area (Å²) >= 11 is 0. The van der Waals surface area contributed by atoms with Crippen molar-refractivity contribution in [1.29, 1.82) is 0 Å². The third kappa shape index (κ3) is 6.30. The van der Waals surface area contributed by atoms with Gasteiger partial charge in [-0.1, -0.05) is 30.3 Å². The van der Waals surface area contributed by atoms with Crippen molar-refractivity contribution in [3.8, 4) is 0 Å². The van der Waals surface area contributed by atoms with Gasteiger partial charge in [-0.05, 0) is 54.1 Å². The monoisotopic (exact) mass is 454 g/mol. The van der Waals surface area contributed by atoms with Crippen molar-refractivity contribution >= 4 is 35.2 Å². The number of amides is 2. The van der Waals surface area contributed by atoms with E-state index in [-0.39, 0.29) is 22.5 Å². The molecule has 0 aliphatic rings. The van der Waals surface area contributed by atoms with Crippen LogP contribution in [0.4, 0.5) is 24.5 Å². The number of alkyl halides is 3. The van der Waals surface area contributed by atoms with Crippen molar-refractivity contribution in [1.82, 2.24) is 0 Å². The molecule has 6 nitrogen and oxygen atoms in total. The molecule has 3 aromatic carbocycles. The fourth-order valence-corrected chi connectivity index (χ4v) is 2.89. The Labute approximate surface area is 186 Å². The Hall–Kier alpha value is -4.40. The highest BCUT2D eigenvalue weighted by Gasteiger charge is 2.30. The molecule has 0 fully saturated rings. The van der Waals surface area contributed by atoms with Gasteiger partial charge in [-0.15, -0.1) is 0 Å². The molecule has 0 unspecified atom stereocenters. The molecule has 0 bridgehead atoms. The first-order chi connectivity index (χ1) is 15.6. The van der Waals surface area contributed by atoms with Gasteiger partial charge in [-0.25, -0.2) is 4.79 Å². The first-order valence-corrected chi connectivity index (χ1v) is 9.53. The molecule has 9 heteroatoms. The minimum atomic E-state index is -4.53. The Kier molecular flexibility index (Phi) is 6.92. The molecular weight excluding hydrogens is 437 g/mol. The zero-order valence-corrected chi connectivity index (χ0v) is 16.9. The number of carbonyl (C=O) groups is 3. The molecule has 0 saturated carbocycles. The Balaban J connectivity index is 1.69. The Morgan fingerprint density at radius 3 is 2.30 bits per heavy atom. The van der Waals surface area contributed by atoms with E-state index in [1.807, 2.05) is 0 Å². The van der Waals surface area contributed by atoms with E-state index in [4.69, 9.17) is 5.11 Å². The molecular formula is C24H17F3N2O4. The SMILES string of the molecule is O=C(/C=C/c1cccc(C(=O)Nc2cccc(C(F)(F)F)c2)c1)Nc1ccccc1C(=O)O. The smallest absolute Gasteiger partial charge is 0.416 e. The summed E-state index contributed by atoms with van der Waals surface area (Å²) in [5.74, 6) is -2.39. The Morgan fingerprint density at radius 1 is 0.848 bits per heavy atom. The average Bonchev–Trinajstić information content (AvgIpc) is 2.78. The lowest BCUT2D eigenvalue weighted by Crippen LogP contribution is -2.13. The van der Waals surface area contributed by atoms with Crippen molar-refractivity contribution in [2.24, 2.45) is 0 Å². The molecule has 0 spiro atoms. The first kappa shape index (κ1) is 23.3. The number of nitrogens with one attached hydrogen (secondary N) is 2. The van der Waals surface area contributed by atoms with Crippen molar-refractivity contribution in [3.63, 3.8) is 0 Å². The second-order valence-corrected chi connectivity index (χ2v) is 6.83. The number of hydrogen-bond acceptors (Lipinski definition) is 3. The summed E-state index contributed by atoms with van der Waals surface area (Å²) in [6.07, 6.45) is -1.95. The maximum absolute atomic E-state index is 12.8. The second kappa shape index (κ2) is 9.82. The fourth-order valence-electron chi connectivity index (χ4n) is 2.89. The summed E-state index contributed by atoms with van der Waals surface area (Å²) in [5.41, 5.74) is -0.166. The zero-order chi connectivity index (χ0) is 24.0. The number of rotatable bonds is 6. The van der Waals surface area contributed by atoms with Crippen molar-refractivity contribution in [2.45, 2.75) is 6.18 Å². The Morgan fingerprint density at radius 2 is 1.58 bits per heavy atom. The molecule has 0 radical (unpaired) electrons. The number of carbonyl (C=O) groups excluding carboxylic acids is 2. The minimum absolute atomic E-state index is 0.00718. The molecule has 3 rings (SSSR count). The van der Waals surface area contributed by atoms with Gasteiger partial charge in [0.05, 0.1) is 16.8 Å². The van der Waals surface area contributed by atoms with Crippen LogP contribution in [-0.2, 0) is 11.0 Å². The van der Waals surface area contributed by atoms with Gasteiger partial charge in [0, 0.05) is 17.3 Å². The third-order valence-corrected chi connectivity index (χ3v) is 4.44. The van der Waals surface area contributed by atoms with E-state index >= 15 is 0 Å². The summed E-state index contributed by atoms with van der Waals surface area (Å²) < 4.78 is 38.5. The highest BCUT2D eigenvalue weighted by Crippen LogP contribution is 2.30. The van der Waals surface area contributed by atoms with Crippen LogP contribution in [0, 0.1) is 0 Å². The average molecular weight is 454 g/mol. The van der Waals surface area contributed by atoms with Gasteiger partial charge in [-0.3, -0.25) is 9.59 Å². The topological polar surface area (TPSA) is 95.5 Å². The van der Waals surface area contributed by atoms with E-state index in [1.54, 1.807) is 18.2 Å². The van der Waals surface area contributed by atoms with Crippen LogP contribution in [0.3, 0.4) is 0 Å². The number of carboxylic acids is 1. The lowest BCUT2D eigenvalue weighted by molar-refractivity contribution is -0.137. The van der Waals surface area contributed by atoms with Crippen LogP contribution >= 0.6 is 0 Å². The molecule has 0 aromatic heterocycles. The van der Waals surface area contributed by atoms with E-state index in [0.29, 0.717) is 5.56 Å². The van der Waals surface area contributed by atoms with Crippen molar-refractivity contribution < 1.29 is 32.7 Å². The summed E-state index contributed by atoms with van der Waals surface area (Å²) in [6.45, 7) is 0. The Bertz CT molecular complexity index is 1240. The fraction of sp³-hybridized carbons (Fsp3) is 0.0417. The van der Waals surface area contributed by atoms with Gasteiger partial charge in [0.2, 0.25) is 5.91 Å². The quantitative estimate of drug-likeness (QED) is 0.440. The number of anilines is 2. The predicted molar refractivity (Wildman–Crippen MR) is 117 cm³/mol. The lowest BCUT2D eigenvalue weighted by atomic mass is 10.1. The number of hydrogen-bond donors (Lipinski definition) is 3. The molecule has 0 atom stereocenters. The summed E-state index contributed by atoms with van der Waals surface area (Å²) in [5, 5.41) is 14.1. The van der Waals surface area contributed by atoms with Crippen LogP contribution in [0.25, 0.3) is 6.08 Å². The van der Waals surface area contributed by atoms with Crippen LogP contribution in [-0.4, -0.2) is 22.9 Å². The molecule has 3 aromatic rings. The van der Waals surface area contributed by atoms with Gasteiger partial charge >= 0.3 is 12.1 Å². The van der Waals surface area contributed by atoms with Gasteiger partial charge < -0.3 is 15.7 Å². The van der Waals surface area contributed by atoms with Crippen LogP contribution in [0.5, 0.6) is 0 Å². The van der Waals surface area contributed by atoms with Crippen LogP contribution in [0.2, 0.25) is 0 Å². The van der Waals surface area contributed by atoms with Gasteiger partial charge in [0.1, 0.15) is 0 Å². The number of halogens is 3. The summed E-state index contributed by atoms with van der Waals surface area (Å²) in [4.78, 5) is 35.8. The highest BCUT2D eigenvalue weighted by molar-refractivity contribution is 6.07. The first-order valence-electron chi connectivity index (χ1n) is 9.53. The standard InChI is InChI=1S/C24H17F3N2O4/c25-24(26,27)17-7-4-8-18(14-17)28-22(31)16-6-3-5-15(13-16)11-12-21(30)29-20-10-2-1-9-19(20)23(32)33/h1-14H,(H,28,31)(H,29,30)(H,32,33)/b12-11+. The zero-order valence-electron chi connectivity index (χ0n) is 16.9. The number of para-hydroxylation sites is 1. The van der Waals surface area contributed by atoms with Crippen LogP contribution < -0.4 is 10.6 Å². The van der Waals surface area contributed by atoms with Gasteiger partial charge in [0.25, 0.3) is 5.91 Å². The predicted octanol–water partition coefficient (Wildman–Crippen LogP) is 5.31. The van der Waals surface area contributed by atoms with Crippen molar-refractivity contribution in [3.05, 3.63) is 101 Å². The minimum Gasteiger partial charge on any atom is -0.478 e. The largest absolute Gasteiger partial charge is 0.478 e. The van der Waals surface area contributed by atoms with E-state index in [1.165, 1.54) is 54.6 Å². The number of carboxylic acid groups (broad SMARTS) is 1. The molecule has 2 amide bonds. The summed E-state index contributed by atoms with van der Waals surface area (Å²) in [7, 11) is 0. The molecule has 168 valence electrons. The van der Waals surface area contributed by atoms with E-state index in [9.17, 15) is 27.6 Å². The molecule has 3 N–H and O–H groups in total. The molecule has 0 heterocycles.